The van der Waals surface area contributed by atoms with Crippen molar-refractivity contribution in [2.75, 3.05) is 5.32 Å². The highest BCUT2D eigenvalue weighted by Crippen LogP contribution is 2.62. The van der Waals surface area contributed by atoms with Crippen LogP contribution in [-0.2, 0) is 4.79 Å². The molecule has 0 saturated heterocycles. The molecule has 0 radical (unpaired) electrons. The van der Waals surface area contributed by atoms with Crippen molar-refractivity contribution in [3.8, 4) is 0 Å². The van der Waals surface area contributed by atoms with E-state index in [1.54, 1.807) is 18.3 Å². The molecule has 102 valence electrons. The molecule has 2 aliphatic carbocycles. The van der Waals surface area contributed by atoms with E-state index in [1.807, 2.05) is 0 Å². The number of carbonyl (C=O) groups is 1. The minimum atomic E-state index is 0.129. The van der Waals surface area contributed by atoms with E-state index < -0.39 is 0 Å². The number of hydrogen-bond acceptors (Lipinski definition) is 2. The molecule has 4 heteroatoms. The molecule has 1 atom stereocenters. The van der Waals surface area contributed by atoms with E-state index in [1.165, 1.54) is 25.7 Å². The van der Waals surface area contributed by atoms with Crippen molar-refractivity contribution in [3.05, 3.63) is 23.4 Å². The van der Waals surface area contributed by atoms with Gasteiger partial charge in [0.15, 0.2) is 0 Å². The summed E-state index contributed by atoms with van der Waals surface area (Å²) in [7, 11) is 0. The molecule has 1 heterocycles. The van der Waals surface area contributed by atoms with Crippen molar-refractivity contribution < 1.29 is 4.79 Å². The Morgan fingerprint density at radius 2 is 2.16 bits per heavy atom. The molecule has 1 aromatic heterocycles. The van der Waals surface area contributed by atoms with Gasteiger partial charge in [-0.15, -0.1) is 0 Å². The lowest BCUT2D eigenvalue weighted by Crippen LogP contribution is -2.22. The van der Waals surface area contributed by atoms with Gasteiger partial charge in [-0.2, -0.15) is 0 Å². The van der Waals surface area contributed by atoms with Gasteiger partial charge in [0.25, 0.3) is 0 Å². The maximum Gasteiger partial charge on any atom is 0.229 e. The normalized spacial score (nSPS) is 33.2. The van der Waals surface area contributed by atoms with Gasteiger partial charge in [-0.1, -0.05) is 31.4 Å². The Morgan fingerprint density at radius 3 is 2.79 bits per heavy atom. The summed E-state index contributed by atoms with van der Waals surface area (Å²) in [6.45, 7) is 2.31. The van der Waals surface area contributed by atoms with E-state index in [-0.39, 0.29) is 11.8 Å². The summed E-state index contributed by atoms with van der Waals surface area (Å²) in [6.07, 6.45) is 7.56. The summed E-state index contributed by atoms with van der Waals surface area (Å²) < 4.78 is 0. The van der Waals surface area contributed by atoms with Crippen LogP contribution < -0.4 is 5.32 Å². The molecule has 1 spiro atoms. The van der Waals surface area contributed by atoms with E-state index >= 15 is 0 Å². The molecule has 3 nitrogen and oxygen atoms in total. The molecule has 0 aliphatic heterocycles. The van der Waals surface area contributed by atoms with Gasteiger partial charge in [0, 0.05) is 12.1 Å². The zero-order valence-corrected chi connectivity index (χ0v) is 11.9. The number of carbonyl (C=O) groups excluding carboxylic acids is 1. The smallest absolute Gasteiger partial charge is 0.229 e. The molecule has 0 aromatic carbocycles. The molecular weight excluding hydrogens is 260 g/mol. The van der Waals surface area contributed by atoms with Gasteiger partial charge in [0.05, 0.1) is 5.02 Å². The Morgan fingerprint density at radius 1 is 1.42 bits per heavy atom. The minimum absolute atomic E-state index is 0.129. The van der Waals surface area contributed by atoms with E-state index in [4.69, 9.17) is 11.6 Å². The quantitative estimate of drug-likeness (QED) is 0.892. The van der Waals surface area contributed by atoms with Crippen LogP contribution in [0.15, 0.2) is 18.3 Å². The maximum atomic E-state index is 12.2. The summed E-state index contributed by atoms with van der Waals surface area (Å²) in [4.78, 5) is 16.3. The number of anilines is 1. The third-order valence-corrected chi connectivity index (χ3v) is 4.98. The fraction of sp³-hybridized carbons (Fsp3) is 0.600. The van der Waals surface area contributed by atoms with Crippen LogP contribution in [0, 0.1) is 17.3 Å². The second-order valence-corrected chi connectivity index (χ2v) is 6.59. The van der Waals surface area contributed by atoms with Crippen molar-refractivity contribution in [1.29, 1.82) is 0 Å². The Hall–Kier alpha value is -1.09. The molecule has 1 unspecified atom stereocenters. The van der Waals surface area contributed by atoms with Gasteiger partial charge in [-0.05, 0) is 42.7 Å². The van der Waals surface area contributed by atoms with Gasteiger partial charge in [-0.25, -0.2) is 4.98 Å². The average Bonchev–Trinajstić information content (AvgIpc) is 3.11. The van der Waals surface area contributed by atoms with Crippen molar-refractivity contribution in [2.45, 2.75) is 39.0 Å². The standard InChI is InChI=1S/C15H19ClN2O/c1-10-4-6-15(7-5-10)8-12(15)14(19)18-13-3-2-11(16)9-17-13/h2-3,9-10,12H,4-8H2,1H3,(H,17,18,19). The lowest BCUT2D eigenvalue weighted by atomic mass is 9.79. The Labute approximate surface area is 118 Å². The number of nitrogens with zero attached hydrogens (tertiary/aromatic N) is 1. The monoisotopic (exact) mass is 278 g/mol. The van der Waals surface area contributed by atoms with Crippen LogP contribution in [0.5, 0.6) is 0 Å². The number of nitrogens with one attached hydrogen (secondary N) is 1. The molecule has 1 amide bonds. The van der Waals surface area contributed by atoms with Crippen molar-refractivity contribution >= 4 is 23.3 Å². The van der Waals surface area contributed by atoms with Crippen molar-refractivity contribution in [3.63, 3.8) is 0 Å². The number of pyridine rings is 1. The van der Waals surface area contributed by atoms with Gasteiger partial charge >= 0.3 is 0 Å². The van der Waals surface area contributed by atoms with Gasteiger partial charge in [0.2, 0.25) is 5.91 Å². The summed E-state index contributed by atoms with van der Waals surface area (Å²) in [5.74, 6) is 1.75. The van der Waals surface area contributed by atoms with Crippen LogP contribution in [0.2, 0.25) is 5.02 Å². The zero-order valence-electron chi connectivity index (χ0n) is 11.2. The first kappa shape index (κ1) is 12.9. The third-order valence-electron chi connectivity index (χ3n) is 4.75. The van der Waals surface area contributed by atoms with Gasteiger partial charge in [-0.3, -0.25) is 4.79 Å². The second-order valence-electron chi connectivity index (χ2n) is 6.15. The number of amides is 1. The molecule has 3 rings (SSSR count). The number of rotatable bonds is 2. The van der Waals surface area contributed by atoms with Crippen LogP contribution >= 0.6 is 11.6 Å². The molecule has 19 heavy (non-hydrogen) atoms. The highest BCUT2D eigenvalue weighted by Gasteiger charge is 2.58. The van der Waals surface area contributed by atoms with Crippen LogP contribution in [0.4, 0.5) is 5.82 Å². The minimum Gasteiger partial charge on any atom is -0.310 e. The second kappa shape index (κ2) is 4.78. The topological polar surface area (TPSA) is 42.0 Å². The Bertz CT molecular complexity index is 477. The van der Waals surface area contributed by atoms with Crippen molar-refractivity contribution in [1.82, 2.24) is 4.98 Å². The summed E-state index contributed by atoms with van der Waals surface area (Å²) >= 11 is 5.78. The first-order valence-electron chi connectivity index (χ1n) is 7.01. The predicted molar refractivity (Wildman–Crippen MR) is 76.0 cm³/mol. The molecule has 2 aliphatic rings. The lowest BCUT2D eigenvalue weighted by Gasteiger charge is -2.26. The molecule has 2 saturated carbocycles. The maximum absolute atomic E-state index is 12.2. The number of hydrogen-bond donors (Lipinski definition) is 1. The average molecular weight is 279 g/mol. The van der Waals surface area contributed by atoms with E-state index in [0.717, 1.165) is 12.3 Å². The molecule has 1 N–H and O–H groups in total. The predicted octanol–water partition coefficient (Wildman–Crippen LogP) is 3.89. The SMILES string of the molecule is CC1CCC2(CC1)CC2C(=O)Nc1ccc(Cl)cn1. The van der Waals surface area contributed by atoms with Crippen LogP contribution in [0.1, 0.15) is 39.0 Å². The van der Waals surface area contributed by atoms with E-state index in [0.29, 0.717) is 16.3 Å². The fourth-order valence-electron chi connectivity index (χ4n) is 3.27. The molecular formula is C15H19ClN2O. The summed E-state index contributed by atoms with van der Waals surface area (Å²) in [5, 5.41) is 3.49. The van der Waals surface area contributed by atoms with Crippen LogP contribution in [0.3, 0.4) is 0 Å². The highest BCUT2D eigenvalue weighted by atomic mass is 35.5. The van der Waals surface area contributed by atoms with Crippen LogP contribution in [0.25, 0.3) is 0 Å². The molecule has 2 fully saturated rings. The third kappa shape index (κ3) is 2.62. The van der Waals surface area contributed by atoms with Crippen LogP contribution in [-0.4, -0.2) is 10.9 Å². The summed E-state index contributed by atoms with van der Waals surface area (Å²) in [5.41, 5.74) is 0.309. The molecule has 1 aromatic rings. The zero-order chi connectivity index (χ0) is 13.5. The number of aromatic nitrogens is 1. The lowest BCUT2D eigenvalue weighted by molar-refractivity contribution is -0.118. The Kier molecular flexibility index (Phi) is 3.25. The van der Waals surface area contributed by atoms with Crippen molar-refractivity contribution in [2.24, 2.45) is 17.3 Å². The number of halogens is 1. The molecule has 0 bridgehead atoms. The fourth-order valence-corrected chi connectivity index (χ4v) is 3.38. The summed E-state index contributed by atoms with van der Waals surface area (Å²) in [6, 6.07) is 3.49. The Balaban J connectivity index is 1.59. The first-order valence-corrected chi connectivity index (χ1v) is 7.39. The van der Waals surface area contributed by atoms with Gasteiger partial charge in [0.1, 0.15) is 5.82 Å². The first-order chi connectivity index (χ1) is 9.09. The largest absolute Gasteiger partial charge is 0.310 e. The van der Waals surface area contributed by atoms with E-state index in [9.17, 15) is 4.79 Å². The van der Waals surface area contributed by atoms with E-state index in [2.05, 4.69) is 17.2 Å². The highest BCUT2D eigenvalue weighted by molar-refractivity contribution is 6.30. The van der Waals surface area contributed by atoms with Gasteiger partial charge < -0.3 is 5.32 Å².